The number of rotatable bonds is 7. The molecule has 0 radical (unpaired) electrons. The second-order valence-corrected chi connectivity index (χ2v) is 7.40. The molecule has 29 heavy (non-hydrogen) atoms. The molecule has 1 fully saturated rings. The Bertz CT molecular complexity index is 880. The molecule has 3 N–H and O–H groups in total. The molecule has 0 aliphatic carbocycles. The zero-order chi connectivity index (χ0) is 20.6. The summed E-state index contributed by atoms with van der Waals surface area (Å²) in [6, 6.07) is 14.0. The molecular formula is C23H26FN3O2. The monoisotopic (exact) mass is 395 g/mol. The van der Waals surface area contributed by atoms with Crippen LogP contribution >= 0.6 is 0 Å². The van der Waals surface area contributed by atoms with E-state index in [0.29, 0.717) is 13.1 Å². The van der Waals surface area contributed by atoms with Gasteiger partial charge in [-0.3, -0.25) is 14.5 Å². The van der Waals surface area contributed by atoms with Crippen LogP contribution in [-0.2, 0) is 22.7 Å². The van der Waals surface area contributed by atoms with Crippen molar-refractivity contribution in [3.8, 4) is 0 Å². The van der Waals surface area contributed by atoms with E-state index in [-0.39, 0.29) is 23.5 Å². The van der Waals surface area contributed by atoms with Crippen molar-refractivity contribution in [1.82, 2.24) is 10.2 Å². The minimum atomic E-state index is -0.304. The van der Waals surface area contributed by atoms with Crippen LogP contribution in [0.4, 0.5) is 4.39 Å². The van der Waals surface area contributed by atoms with Crippen LogP contribution in [0.2, 0.25) is 0 Å². The standard InChI is InChI=1S/C23H26FN3O2/c24-21-9-6-17(7-10-21)8-11-22(28)26-14-18-3-1-4-19(13-18)15-27-12-2-5-20(16-27)23(25)29/h1,3-4,6-11,13,20H,2,5,12,14-16H2,(H2,25,29)(H,26,28)/b11-8+. The van der Waals surface area contributed by atoms with E-state index in [1.165, 1.54) is 18.2 Å². The zero-order valence-electron chi connectivity index (χ0n) is 16.3. The molecule has 152 valence electrons. The first-order chi connectivity index (χ1) is 14.0. The summed E-state index contributed by atoms with van der Waals surface area (Å²) in [5.74, 6) is -0.805. The van der Waals surface area contributed by atoms with Crippen molar-refractivity contribution >= 4 is 17.9 Å². The summed E-state index contributed by atoms with van der Waals surface area (Å²) in [7, 11) is 0. The molecule has 2 amide bonds. The maximum atomic E-state index is 12.9. The van der Waals surface area contributed by atoms with E-state index in [2.05, 4.69) is 16.3 Å². The van der Waals surface area contributed by atoms with Gasteiger partial charge in [0.2, 0.25) is 11.8 Å². The molecule has 1 aliphatic rings. The Hall–Kier alpha value is -2.99. The molecule has 5 nitrogen and oxygen atoms in total. The highest BCUT2D eigenvalue weighted by Gasteiger charge is 2.23. The molecule has 2 aromatic carbocycles. The summed E-state index contributed by atoms with van der Waals surface area (Å²) in [6.07, 6.45) is 4.93. The Morgan fingerprint density at radius 1 is 1.17 bits per heavy atom. The van der Waals surface area contributed by atoms with Gasteiger partial charge in [-0.2, -0.15) is 0 Å². The maximum Gasteiger partial charge on any atom is 0.244 e. The second kappa shape index (κ2) is 9.98. The number of piperidine rings is 1. The van der Waals surface area contributed by atoms with E-state index in [0.717, 1.165) is 42.6 Å². The first-order valence-corrected chi connectivity index (χ1v) is 9.80. The quantitative estimate of drug-likeness (QED) is 0.708. The van der Waals surface area contributed by atoms with Crippen LogP contribution in [0.5, 0.6) is 0 Å². The SMILES string of the molecule is NC(=O)C1CCCN(Cc2cccc(CNC(=O)/C=C/c3ccc(F)cc3)c2)C1. The third-order valence-electron chi connectivity index (χ3n) is 5.07. The molecule has 1 heterocycles. The Kier molecular flexibility index (Phi) is 7.14. The number of amides is 2. The molecule has 1 saturated heterocycles. The van der Waals surface area contributed by atoms with E-state index in [9.17, 15) is 14.0 Å². The normalized spacial score (nSPS) is 17.3. The number of nitrogens with one attached hydrogen (secondary N) is 1. The highest BCUT2D eigenvalue weighted by molar-refractivity contribution is 5.91. The highest BCUT2D eigenvalue weighted by Crippen LogP contribution is 2.18. The molecule has 2 aromatic rings. The van der Waals surface area contributed by atoms with Gasteiger partial charge in [-0.05, 0) is 54.3 Å². The first kappa shape index (κ1) is 20.7. The lowest BCUT2D eigenvalue weighted by atomic mass is 9.97. The smallest absolute Gasteiger partial charge is 0.244 e. The van der Waals surface area contributed by atoms with Crippen LogP contribution in [-0.4, -0.2) is 29.8 Å². The van der Waals surface area contributed by atoms with Gasteiger partial charge in [0.05, 0.1) is 5.92 Å². The van der Waals surface area contributed by atoms with Gasteiger partial charge in [0.25, 0.3) is 0 Å². The van der Waals surface area contributed by atoms with Gasteiger partial charge < -0.3 is 11.1 Å². The Morgan fingerprint density at radius 2 is 1.93 bits per heavy atom. The van der Waals surface area contributed by atoms with Crippen molar-refractivity contribution in [3.05, 3.63) is 77.1 Å². The van der Waals surface area contributed by atoms with Crippen LogP contribution in [0.25, 0.3) is 6.08 Å². The van der Waals surface area contributed by atoms with Gasteiger partial charge in [0.15, 0.2) is 0 Å². The molecular weight excluding hydrogens is 369 g/mol. The number of carbonyl (C=O) groups excluding carboxylic acids is 2. The average molecular weight is 395 g/mol. The highest BCUT2D eigenvalue weighted by atomic mass is 19.1. The van der Waals surface area contributed by atoms with E-state index in [1.54, 1.807) is 18.2 Å². The third kappa shape index (κ3) is 6.54. The summed E-state index contributed by atoms with van der Waals surface area (Å²) in [5.41, 5.74) is 8.37. The molecule has 1 atom stereocenters. The van der Waals surface area contributed by atoms with Crippen LogP contribution < -0.4 is 11.1 Å². The molecule has 0 aromatic heterocycles. The lowest BCUT2D eigenvalue weighted by Gasteiger charge is -2.31. The number of primary amides is 1. The van der Waals surface area contributed by atoms with Crippen LogP contribution in [0, 0.1) is 11.7 Å². The maximum absolute atomic E-state index is 12.9. The molecule has 0 spiro atoms. The molecule has 6 heteroatoms. The van der Waals surface area contributed by atoms with Gasteiger partial charge in [-0.1, -0.05) is 36.4 Å². The van der Waals surface area contributed by atoms with Gasteiger partial charge in [0, 0.05) is 25.7 Å². The van der Waals surface area contributed by atoms with Crippen molar-refractivity contribution in [1.29, 1.82) is 0 Å². The van der Waals surface area contributed by atoms with Gasteiger partial charge in [0.1, 0.15) is 5.82 Å². The Morgan fingerprint density at radius 3 is 2.69 bits per heavy atom. The largest absolute Gasteiger partial charge is 0.369 e. The van der Waals surface area contributed by atoms with Crippen molar-refractivity contribution in [2.45, 2.75) is 25.9 Å². The van der Waals surface area contributed by atoms with Gasteiger partial charge in [-0.15, -0.1) is 0 Å². The summed E-state index contributed by atoms with van der Waals surface area (Å²) in [6.45, 7) is 2.84. The zero-order valence-corrected chi connectivity index (χ0v) is 16.3. The van der Waals surface area contributed by atoms with Crippen molar-refractivity contribution < 1.29 is 14.0 Å². The minimum absolute atomic E-state index is 0.0703. The van der Waals surface area contributed by atoms with Crippen molar-refractivity contribution in [2.24, 2.45) is 11.7 Å². The number of halogens is 1. The van der Waals surface area contributed by atoms with Crippen molar-refractivity contribution in [2.75, 3.05) is 13.1 Å². The van der Waals surface area contributed by atoms with Gasteiger partial charge >= 0.3 is 0 Å². The topological polar surface area (TPSA) is 75.4 Å². The fraction of sp³-hybridized carbons (Fsp3) is 0.304. The first-order valence-electron chi connectivity index (χ1n) is 9.80. The number of hydrogen-bond acceptors (Lipinski definition) is 3. The van der Waals surface area contributed by atoms with Crippen molar-refractivity contribution in [3.63, 3.8) is 0 Å². The average Bonchev–Trinajstić information content (AvgIpc) is 2.72. The summed E-state index contributed by atoms with van der Waals surface area (Å²) in [4.78, 5) is 25.7. The third-order valence-corrected chi connectivity index (χ3v) is 5.07. The Balaban J connectivity index is 1.51. The fourth-order valence-corrected chi connectivity index (χ4v) is 3.52. The Labute approximate surface area is 170 Å². The lowest BCUT2D eigenvalue weighted by Crippen LogP contribution is -2.40. The molecule has 1 aliphatic heterocycles. The van der Waals surface area contributed by atoms with Gasteiger partial charge in [-0.25, -0.2) is 4.39 Å². The molecule has 0 bridgehead atoms. The fourth-order valence-electron chi connectivity index (χ4n) is 3.52. The predicted molar refractivity (Wildman–Crippen MR) is 111 cm³/mol. The van der Waals surface area contributed by atoms with E-state index in [4.69, 9.17) is 5.73 Å². The van der Waals surface area contributed by atoms with Crippen LogP contribution in [0.3, 0.4) is 0 Å². The van der Waals surface area contributed by atoms with Crippen LogP contribution in [0.1, 0.15) is 29.5 Å². The summed E-state index contributed by atoms with van der Waals surface area (Å²) >= 11 is 0. The number of likely N-dealkylation sites (tertiary alicyclic amines) is 1. The van der Waals surface area contributed by atoms with E-state index in [1.807, 2.05) is 18.2 Å². The predicted octanol–water partition coefficient (Wildman–Crippen LogP) is 2.85. The minimum Gasteiger partial charge on any atom is -0.369 e. The molecule has 0 saturated carbocycles. The second-order valence-electron chi connectivity index (χ2n) is 7.40. The number of carbonyl (C=O) groups is 2. The van der Waals surface area contributed by atoms with E-state index >= 15 is 0 Å². The number of nitrogens with zero attached hydrogens (tertiary/aromatic N) is 1. The summed E-state index contributed by atoms with van der Waals surface area (Å²) < 4.78 is 12.9. The molecule has 1 unspecified atom stereocenters. The van der Waals surface area contributed by atoms with E-state index < -0.39 is 0 Å². The molecule has 3 rings (SSSR count). The number of nitrogens with two attached hydrogens (primary N) is 1. The number of benzene rings is 2. The summed E-state index contributed by atoms with van der Waals surface area (Å²) in [5, 5.41) is 2.86. The lowest BCUT2D eigenvalue weighted by molar-refractivity contribution is -0.123. The van der Waals surface area contributed by atoms with Crippen LogP contribution in [0.15, 0.2) is 54.6 Å². The number of hydrogen-bond donors (Lipinski definition) is 2.